The van der Waals surface area contributed by atoms with Crippen LogP contribution in [0, 0.1) is 5.92 Å². The van der Waals surface area contributed by atoms with Crippen LogP contribution in [0.15, 0.2) is 61.1 Å². The van der Waals surface area contributed by atoms with Gasteiger partial charge in [0, 0.05) is 24.7 Å². The maximum atomic E-state index is 13.4. The minimum absolute atomic E-state index is 0.0186. The van der Waals surface area contributed by atoms with Crippen LogP contribution in [0.4, 0.5) is 0 Å². The van der Waals surface area contributed by atoms with Gasteiger partial charge >= 0.3 is 5.97 Å². The number of phenols is 2. The number of carbonyl (C=O) groups excluding carboxylic acids is 3. The van der Waals surface area contributed by atoms with Crippen LogP contribution in [0.1, 0.15) is 30.7 Å². The van der Waals surface area contributed by atoms with Crippen molar-refractivity contribution in [3.05, 3.63) is 77.9 Å². The van der Waals surface area contributed by atoms with E-state index in [1.807, 2.05) is 0 Å². The van der Waals surface area contributed by atoms with Crippen LogP contribution in [0.5, 0.6) is 11.5 Å². The molecule has 0 saturated carbocycles. The van der Waals surface area contributed by atoms with Gasteiger partial charge in [0.1, 0.15) is 29.6 Å². The van der Waals surface area contributed by atoms with Crippen LogP contribution >= 0.6 is 0 Å². The number of rotatable bonds is 14. The van der Waals surface area contributed by atoms with Gasteiger partial charge in [-0.2, -0.15) is 0 Å². The third-order valence-corrected chi connectivity index (χ3v) is 6.58. The average molecular weight is 581 g/mol. The number of aromatic amines is 1. The van der Waals surface area contributed by atoms with E-state index in [2.05, 4.69) is 25.9 Å². The normalized spacial score (nSPS) is 13.9. The Labute approximate surface area is 242 Å². The summed E-state index contributed by atoms with van der Waals surface area (Å²) in [5, 5.41) is 36.5. The van der Waals surface area contributed by atoms with Crippen LogP contribution in [-0.2, 0) is 38.4 Å². The number of phenolic OH excluding ortho intramolecular Hbond substituents is 2. The number of benzene rings is 2. The highest BCUT2D eigenvalue weighted by Gasteiger charge is 2.32. The number of nitrogens with zero attached hydrogens (tertiary/aromatic N) is 1. The number of imidazole rings is 1. The fraction of sp³-hybridized carbons (Fsp3) is 0.345. The van der Waals surface area contributed by atoms with Crippen molar-refractivity contribution in [3.63, 3.8) is 0 Å². The molecule has 1 heterocycles. The van der Waals surface area contributed by atoms with E-state index in [0.717, 1.165) is 5.56 Å². The molecule has 4 atom stereocenters. The minimum atomic E-state index is -1.32. The zero-order valence-electron chi connectivity index (χ0n) is 23.3. The molecule has 13 nitrogen and oxygen atoms in total. The molecular weight excluding hydrogens is 544 g/mol. The highest BCUT2D eigenvalue weighted by molar-refractivity contribution is 5.94. The molecule has 0 spiro atoms. The average Bonchev–Trinajstić information content (AvgIpc) is 3.46. The predicted molar refractivity (Wildman–Crippen MR) is 152 cm³/mol. The van der Waals surface area contributed by atoms with E-state index in [1.165, 1.54) is 36.8 Å². The van der Waals surface area contributed by atoms with Gasteiger partial charge in [-0.05, 0) is 47.7 Å². The highest BCUT2D eigenvalue weighted by atomic mass is 16.4. The first-order valence-electron chi connectivity index (χ1n) is 13.4. The third-order valence-electron chi connectivity index (χ3n) is 6.58. The molecule has 9 N–H and O–H groups in total. The molecule has 13 heteroatoms. The Morgan fingerprint density at radius 3 is 1.83 bits per heavy atom. The van der Waals surface area contributed by atoms with Crippen molar-refractivity contribution >= 4 is 23.7 Å². The summed E-state index contributed by atoms with van der Waals surface area (Å²) in [6, 6.07) is 7.60. The zero-order chi connectivity index (χ0) is 30.8. The number of aliphatic carboxylic acids is 1. The number of H-pyrrole nitrogens is 1. The molecule has 3 aromatic rings. The number of hydrogen-bond acceptors (Lipinski definition) is 8. The van der Waals surface area contributed by atoms with Gasteiger partial charge in [-0.3, -0.25) is 14.4 Å². The van der Waals surface area contributed by atoms with Crippen molar-refractivity contribution in [2.75, 3.05) is 0 Å². The summed E-state index contributed by atoms with van der Waals surface area (Å²) in [6.07, 6.45) is 2.96. The van der Waals surface area contributed by atoms with E-state index in [1.54, 1.807) is 38.1 Å². The van der Waals surface area contributed by atoms with Crippen LogP contribution in [-0.4, -0.2) is 73.1 Å². The maximum Gasteiger partial charge on any atom is 0.326 e. The number of amides is 3. The second-order valence-corrected chi connectivity index (χ2v) is 10.3. The lowest BCUT2D eigenvalue weighted by Crippen LogP contribution is -2.59. The predicted octanol–water partition coefficient (Wildman–Crippen LogP) is 0.371. The van der Waals surface area contributed by atoms with Crippen LogP contribution < -0.4 is 21.7 Å². The first kappa shape index (κ1) is 31.6. The van der Waals surface area contributed by atoms with E-state index < -0.39 is 47.9 Å². The van der Waals surface area contributed by atoms with Crippen molar-refractivity contribution in [3.8, 4) is 11.5 Å². The highest BCUT2D eigenvalue weighted by Crippen LogP contribution is 2.13. The van der Waals surface area contributed by atoms with Gasteiger partial charge in [0.2, 0.25) is 17.7 Å². The Hall–Kier alpha value is -4.91. The Kier molecular flexibility index (Phi) is 11.0. The van der Waals surface area contributed by atoms with Gasteiger partial charge in [-0.1, -0.05) is 38.1 Å². The van der Waals surface area contributed by atoms with Gasteiger partial charge in [-0.25, -0.2) is 9.78 Å². The number of nitrogens with two attached hydrogens (primary N) is 1. The van der Waals surface area contributed by atoms with E-state index in [-0.39, 0.29) is 36.7 Å². The van der Waals surface area contributed by atoms with Gasteiger partial charge < -0.3 is 42.0 Å². The zero-order valence-corrected chi connectivity index (χ0v) is 23.3. The Morgan fingerprint density at radius 1 is 0.786 bits per heavy atom. The minimum Gasteiger partial charge on any atom is -0.508 e. The Bertz CT molecular complexity index is 1340. The van der Waals surface area contributed by atoms with E-state index in [4.69, 9.17) is 5.73 Å². The SMILES string of the molecule is CC(C)C(NC(=O)C(N)Cc1ccc(O)cc1)C(=O)NC(Cc1cnc[nH]1)C(=O)NC(Cc1ccc(O)cc1)C(=O)O. The lowest BCUT2D eigenvalue weighted by molar-refractivity contribution is -0.142. The summed E-state index contributed by atoms with van der Waals surface area (Å²) < 4.78 is 0. The summed E-state index contributed by atoms with van der Waals surface area (Å²) in [5.74, 6) is -3.54. The molecule has 0 aliphatic rings. The van der Waals surface area contributed by atoms with Crippen molar-refractivity contribution in [1.29, 1.82) is 0 Å². The number of nitrogens with one attached hydrogen (secondary N) is 4. The number of hydrogen-bond donors (Lipinski definition) is 8. The van der Waals surface area contributed by atoms with E-state index >= 15 is 0 Å². The fourth-order valence-corrected chi connectivity index (χ4v) is 4.20. The summed E-state index contributed by atoms with van der Waals surface area (Å²) >= 11 is 0. The van der Waals surface area contributed by atoms with Crippen molar-refractivity contribution in [1.82, 2.24) is 25.9 Å². The number of aromatic nitrogens is 2. The first-order chi connectivity index (χ1) is 19.9. The fourth-order valence-electron chi connectivity index (χ4n) is 4.20. The largest absolute Gasteiger partial charge is 0.508 e. The summed E-state index contributed by atoms with van der Waals surface area (Å²) in [6.45, 7) is 3.44. The van der Waals surface area contributed by atoms with Crippen LogP contribution in [0.25, 0.3) is 0 Å². The molecule has 1 aromatic heterocycles. The molecule has 3 rings (SSSR count). The lowest BCUT2D eigenvalue weighted by Gasteiger charge is -2.27. The molecule has 3 amide bonds. The van der Waals surface area contributed by atoms with Crippen LogP contribution in [0.3, 0.4) is 0 Å². The van der Waals surface area contributed by atoms with Crippen molar-refractivity contribution in [2.45, 2.75) is 57.3 Å². The number of carboxylic acid groups (broad SMARTS) is 1. The molecule has 42 heavy (non-hydrogen) atoms. The van der Waals surface area contributed by atoms with Crippen molar-refractivity contribution in [2.24, 2.45) is 11.7 Å². The van der Waals surface area contributed by atoms with Crippen molar-refractivity contribution < 1.29 is 34.5 Å². The Balaban J connectivity index is 1.72. The quantitative estimate of drug-likeness (QED) is 0.132. The first-order valence-corrected chi connectivity index (χ1v) is 13.4. The summed E-state index contributed by atoms with van der Waals surface area (Å²) in [5.41, 5.74) is 7.89. The monoisotopic (exact) mass is 580 g/mol. The lowest BCUT2D eigenvalue weighted by atomic mass is 10.00. The number of aromatic hydroxyl groups is 2. The topological polar surface area (TPSA) is 220 Å². The van der Waals surface area contributed by atoms with Gasteiger partial charge in [0.25, 0.3) is 0 Å². The molecule has 224 valence electrons. The second kappa shape index (κ2) is 14.6. The van der Waals surface area contributed by atoms with Gasteiger partial charge in [0.05, 0.1) is 12.4 Å². The second-order valence-electron chi connectivity index (χ2n) is 10.3. The molecule has 0 aliphatic carbocycles. The molecule has 2 aromatic carbocycles. The molecule has 0 saturated heterocycles. The van der Waals surface area contributed by atoms with Crippen LogP contribution in [0.2, 0.25) is 0 Å². The smallest absolute Gasteiger partial charge is 0.326 e. The molecule has 0 fully saturated rings. The third kappa shape index (κ3) is 9.34. The van der Waals surface area contributed by atoms with E-state index in [0.29, 0.717) is 11.3 Å². The van der Waals surface area contributed by atoms with Gasteiger partial charge in [-0.15, -0.1) is 0 Å². The number of carboxylic acids is 1. The number of carbonyl (C=O) groups is 4. The van der Waals surface area contributed by atoms with E-state index in [9.17, 15) is 34.5 Å². The maximum absolute atomic E-state index is 13.4. The Morgan fingerprint density at radius 2 is 1.33 bits per heavy atom. The summed E-state index contributed by atoms with van der Waals surface area (Å²) in [4.78, 5) is 58.3. The summed E-state index contributed by atoms with van der Waals surface area (Å²) in [7, 11) is 0. The molecule has 4 unspecified atom stereocenters. The standard InChI is InChI=1S/C29H36N6O7/c1-16(2)25(35-26(38)22(30)11-17-3-7-20(36)8-4-17)28(40)33-23(13-19-14-31-15-32-19)27(39)34-24(29(41)42)12-18-5-9-21(37)10-6-18/h3-10,14-16,22-25,36-37H,11-13,30H2,1-2H3,(H,31,32)(H,33,40)(H,34,39)(H,35,38)(H,41,42). The molecule has 0 radical (unpaired) electrons. The molecular formula is C29H36N6O7. The van der Waals surface area contributed by atoms with Gasteiger partial charge in [0.15, 0.2) is 0 Å². The molecule has 0 aliphatic heterocycles. The molecule has 0 bridgehead atoms.